The monoisotopic (exact) mass is 546 g/mol. The number of imidazole rings is 1. The molecule has 0 atom stereocenters. The molecule has 2 aromatic heterocycles. The van der Waals surface area contributed by atoms with Crippen LogP contribution in [0.4, 0.5) is 8.78 Å². The van der Waals surface area contributed by atoms with E-state index in [1.165, 1.54) is 16.4 Å². The molecule has 2 aliphatic rings. The molecule has 12 heteroatoms. The van der Waals surface area contributed by atoms with E-state index in [9.17, 15) is 17.2 Å². The van der Waals surface area contributed by atoms with Gasteiger partial charge in [-0.25, -0.2) is 18.4 Å². The number of nitrogens with zero attached hydrogens (tertiary/aromatic N) is 4. The van der Waals surface area contributed by atoms with Crippen molar-refractivity contribution < 1.29 is 26.7 Å². The van der Waals surface area contributed by atoms with Crippen LogP contribution >= 0.6 is 11.6 Å². The molecule has 0 saturated carbocycles. The van der Waals surface area contributed by atoms with Gasteiger partial charge in [0.1, 0.15) is 11.3 Å². The second-order valence-corrected chi connectivity index (χ2v) is 11.3. The van der Waals surface area contributed by atoms with E-state index < -0.39 is 16.3 Å². The van der Waals surface area contributed by atoms with Crippen molar-refractivity contribution in [2.45, 2.75) is 37.0 Å². The average molecular weight is 547 g/mol. The van der Waals surface area contributed by atoms with E-state index >= 15 is 0 Å². The van der Waals surface area contributed by atoms with E-state index in [-0.39, 0.29) is 35.5 Å². The molecule has 0 bridgehead atoms. The summed E-state index contributed by atoms with van der Waals surface area (Å²) in [7, 11) is -3.94. The third-order valence-electron chi connectivity index (χ3n) is 6.59. The Morgan fingerprint density at radius 2 is 1.73 bits per heavy atom. The topological polar surface area (TPSA) is 86.6 Å². The molecule has 0 spiro atoms. The van der Waals surface area contributed by atoms with Crippen molar-refractivity contribution >= 4 is 32.8 Å². The highest BCUT2D eigenvalue weighted by atomic mass is 35.5. The lowest BCUT2D eigenvalue weighted by atomic mass is 10.1. The molecule has 2 aliphatic heterocycles. The lowest BCUT2D eigenvalue weighted by Gasteiger charge is -2.32. The van der Waals surface area contributed by atoms with Crippen LogP contribution in [0.25, 0.3) is 22.6 Å². The number of piperidine rings is 1. The van der Waals surface area contributed by atoms with Crippen molar-refractivity contribution in [1.29, 1.82) is 0 Å². The number of rotatable bonds is 4. The maximum Gasteiger partial charge on any atom is 0.586 e. The molecule has 0 aliphatic carbocycles. The highest BCUT2D eigenvalue weighted by molar-refractivity contribution is 7.89. The van der Waals surface area contributed by atoms with Crippen LogP contribution in [0.3, 0.4) is 0 Å². The normalized spacial score (nSPS) is 17.9. The standard InChI is InChI=1S/C25H21ClF2N4O4S/c1-15-6-8-20-24(29-15)32(23(30-20)18-4-2-3-5-19(18)26)16-10-12-31(13-11-16)37(33,34)17-7-9-21-22(14-17)36-25(27,28)35-21/h2-9,14,16H,10-13H2,1H3. The summed E-state index contributed by atoms with van der Waals surface area (Å²) in [5, 5.41) is 0.559. The SMILES string of the molecule is Cc1ccc2nc(-c3ccccc3Cl)n(C3CCN(S(=O)(=O)c4ccc5c(c4)OC(F)(F)O5)CC3)c2n1. The largest absolute Gasteiger partial charge is 0.586 e. The van der Waals surface area contributed by atoms with Crippen molar-refractivity contribution in [1.82, 2.24) is 18.8 Å². The van der Waals surface area contributed by atoms with Crippen LogP contribution in [-0.2, 0) is 10.0 Å². The molecule has 1 saturated heterocycles. The minimum atomic E-state index is -3.94. The van der Waals surface area contributed by atoms with E-state index in [1.807, 2.05) is 37.3 Å². The minimum absolute atomic E-state index is 0.0764. The summed E-state index contributed by atoms with van der Waals surface area (Å²) in [6.07, 6.45) is -2.82. The van der Waals surface area contributed by atoms with Gasteiger partial charge in [0.15, 0.2) is 17.1 Å². The van der Waals surface area contributed by atoms with Gasteiger partial charge in [0.25, 0.3) is 0 Å². The van der Waals surface area contributed by atoms with Gasteiger partial charge in [0.2, 0.25) is 10.0 Å². The number of aryl methyl sites for hydroxylation is 1. The molecule has 0 unspecified atom stereocenters. The zero-order valence-electron chi connectivity index (χ0n) is 19.6. The van der Waals surface area contributed by atoms with Crippen molar-refractivity contribution in [3.8, 4) is 22.9 Å². The Morgan fingerprint density at radius 3 is 2.49 bits per heavy atom. The maximum atomic E-state index is 13.4. The predicted octanol–water partition coefficient (Wildman–Crippen LogP) is 5.41. The fourth-order valence-electron chi connectivity index (χ4n) is 4.83. The molecular formula is C25H21ClF2N4O4S. The van der Waals surface area contributed by atoms with Gasteiger partial charge in [-0.2, -0.15) is 4.31 Å². The van der Waals surface area contributed by atoms with Crippen LogP contribution in [0.2, 0.25) is 5.02 Å². The Labute approximate surface area is 216 Å². The molecule has 6 rings (SSSR count). The van der Waals surface area contributed by atoms with Crippen molar-refractivity contribution in [3.05, 3.63) is 65.3 Å². The highest BCUT2D eigenvalue weighted by Gasteiger charge is 2.44. The van der Waals surface area contributed by atoms with E-state index in [0.717, 1.165) is 22.8 Å². The number of ether oxygens (including phenoxy) is 2. The van der Waals surface area contributed by atoms with Crippen molar-refractivity contribution in [2.75, 3.05) is 13.1 Å². The Morgan fingerprint density at radius 1 is 1.00 bits per heavy atom. The lowest BCUT2D eigenvalue weighted by Crippen LogP contribution is -2.39. The highest BCUT2D eigenvalue weighted by Crippen LogP contribution is 2.43. The Hall–Kier alpha value is -3.28. The van der Waals surface area contributed by atoms with Crippen LogP contribution in [0, 0.1) is 6.92 Å². The van der Waals surface area contributed by atoms with Gasteiger partial charge in [-0.05, 0) is 56.2 Å². The summed E-state index contributed by atoms with van der Waals surface area (Å²) >= 11 is 6.51. The number of hydrogen-bond donors (Lipinski definition) is 0. The molecule has 37 heavy (non-hydrogen) atoms. The summed E-state index contributed by atoms with van der Waals surface area (Å²) in [6, 6.07) is 14.7. The summed E-state index contributed by atoms with van der Waals surface area (Å²) in [4.78, 5) is 9.41. The number of aromatic nitrogens is 3. The number of fused-ring (bicyclic) bond motifs is 2. The predicted molar refractivity (Wildman–Crippen MR) is 132 cm³/mol. The number of benzene rings is 2. The molecule has 4 aromatic rings. The smallest absolute Gasteiger partial charge is 0.395 e. The summed E-state index contributed by atoms with van der Waals surface area (Å²) < 4.78 is 65.6. The maximum absolute atomic E-state index is 13.4. The lowest BCUT2D eigenvalue weighted by molar-refractivity contribution is -0.286. The third kappa shape index (κ3) is 4.20. The van der Waals surface area contributed by atoms with E-state index in [1.54, 1.807) is 6.07 Å². The fourth-order valence-corrected chi connectivity index (χ4v) is 6.53. The van der Waals surface area contributed by atoms with E-state index in [0.29, 0.717) is 29.3 Å². The number of pyridine rings is 1. The zero-order chi connectivity index (χ0) is 25.9. The fraction of sp³-hybridized carbons (Fsp3) is 0.280. The molecule has 2 aromatic carbocycles. The summed E-state index contributed by atoms with van der Waals surface area (Å²) in [5.41, 5.74) is 3.06. The molecular weight excluding hydrogens is 526 g/mol. The molecule has 8 nitrogen and oxygen atoms in total. The first-order valence-corrected chi connectivity index (χ1v) is 13.4. The molecule has 192 valence electrons. The Balaban J connectivity index is 1.30. The first-order valence-electron chi connectivity index (χ1n) is 11.6. The quantitative estimate of drug-likeness (QED) is 0.340. The van der Waals surface area contributed by atoms with Crippen molar-refractivity contribution in [3.63, 3.8) is 0 Å². The summed E-state index contributed by atoms with van der Waals surface area (Å²) in [5.74, 6) is 0.165. The number of alkyl halides is 2. The van der Waals surface area contributed by atoms with Gasteiger partial charge in [-0.3, -0.25) is 0 Å². The van der Waals surface area contributed by atoms with Crippen LogP contribution in [-0.4, -0.2) is 46.6 Å². The second-order valence-electron chi connectivity index (χ2n) is 8.99. The van der Waals surface area contributed by atoms with Crippen LogP contribution in [0.15, 0.2) is 59.5 Å². The van der Waals surface area contributed by atoms with Gasteiger partial charge in [0, 0.05) is 36.5 Å². The molecule has 0 N–H and O–H groups in total. The molecule has 0 radical (unpaired) electrons. The number of hydrogen-bond acceptors (Lipinski definition) is 6. The Bertz CT molecular complexity index is 1640. The third-order valence-corrected chi connectivity index (χ3v) is 8.81. The number of halogens is 3. The first kappa shape index (κ1) is 24.1. The zero-order valence-corrected chi connectivity index (χ0v) is 21.1. The van der Waals surface area contributed by atoms with Gasteiger partial charge >= 0.3 is 6.29 Å². The Kier molecular flexibility index (Phi) is 5.62. The first-order chi connectivity index (χ1) is 17.6. The van der Waals surface area contributed by atoms with Crippen LogP contribution in [0.1, 0.15) is 24.6 Å². The van der Waals surface area contributed by atoms with Crippen LogP contribution in [0.5, 0.6) is 11.5 Å². The average Bonchev–Trinajstić information content (AvgIpc) is 3.39. The van der Waals surface area contributed by atoms with Gasteiger partial charge in [0.05, 0.1) is 9.92 Å². The second kappa shape index (κ2) is 8.64. The van der Waals surface area contributed by atoms with Gasteiger partial charge in [-0.15, -0.1) is 8.78 Å². The molecule has 4 heterocycles. The van der Waals surface area contributed by atoms with Gasteiger partial charge in [-0.1, -0.05) is 23.7 Å². The number of sulfonamides is 1. The molecule has 0 amide bonds. The molecule has 1 fully saturated rings. The summed E-state index contributed by atoms with van der Waals surface area (Å²) in [6.45, 7) is 2.36. The van der Waals surface area contributed by atoms with Crippen LogP contribution < -0.4 is 9.47 Å². The van der Waals surface area contributed by atoms with Crippen molar-refractivity contribution in [2.24, 2.45) is 0 Å². The van der Waals surface area contributed by atoms with Gasteiger partial charge < -0.3 is 14.0 Å². The van der Waals surface area contributed by atoms with E-state index in [2.05, 4.69) is 14.0 Å². The minimum Gasteiger partial charge on any atom is -0.395 e. The van der Waals surface area contributed by atoms with E-state index in [4.69, 9.17) is 21.6 Å².